The quantitative estimate of drug-likeness (QED) is 0.0347. The molecule has 0 bridgehead atoms. The predicted molar refractivity (Wildman–Crippen MR) is 238 cm³/mol. The Bertz CT molecular complexity index is 828. The van der Waals surface area contributed by atoms with Crippen LogP contribution in [0.5, 0.6) is 0 Å². The van der Waals surface area contributed by atoms with Crippen LogP contribution in [0.1, 0.15) is 284 Å². The molecule has 0 aliphatic rings. The van der Waals surface area contributed by atoms with Crippen LogP contribution in [-0.4, -0.2) is 37.2 Å². The number of carbonyl (C=O) groups excluding carboxylic acids is 3. The van der Waals surface area contributed by atoms with Crippen molar-refractivity contribution in [2.45, 2.75) is 290 Å². The van der Waals surface area contributed by atoms with Gasteiger partial charge in [0.2, 0.25) is 0 Å². The fourth-order valence-corrected chi connectivity index (χ4v) is 7.56. The fourth-order valence-electron chi connectivity index (χ4n) is 7.56. The summed E-state index contributed by atoms with van der Waals surface area (Å²) in [5.74, 6) is -0.847. The molecule has 0 rings (SSSR count). The summed E-state index contributed by atoms with van der Waals surface area (Å²) in [7, 11) is 0. The molecule has 56 heavy (non-hydrogen) atoms. The molecule has 0 saturated carbocycles. The summed E-state index contributed by atoms with van der Waals surface area (Å²) in [6, 6.07) is 0. The normalized spacial score (nSPS) is 11.8. The highest BCUT2D eigenvalue weighted by Gasteiger charge is 2.19. The third-order valence-corrected chi connectivity index (χ3v) is 11.4. The van der Waals surface area contributed by atoms with Crippen molar-refractivity contribution < 1.29 is 28.6 Å². The zero-order chi connectivity index (χ0) is 40.8. The van der Waals surface area contributed by atoms with Gasteiger partial charge >= 0.3 is 17.9 Å². The number of esters is 3. The van der Waals surface area contributed by atoms with Gasteiger partial charge in [-0.15, -0.1) is 0 Å². The molecule has 0 fully saturated rings. The Morgan fingerprint density at radius 3 is 0.714 bits per heavy atom. The van der Waals surface area contributed by atoms with Gasteiger partial charge < -0.3 is 14.2 Å². The molecule has 0 aromatic heterocycles. The highest BCUT2D eigenvalue weighted by Crippen LogP contribution is 2.16. The molecule has 332 valence electrons. The first-order valence-electron chi connectivity index (χ1n) is 25.0. The molecule has 0 aliphatic heterocycles. The molecule has 6 nitrogen and oxygen atoms in total. The van der Waals surface area contributed by atoms with E-state index in [1.807, 2.05) is 0 Å². The summed E-state index contributed by atoms with van der Waals surface area (Å²) in [5, 5.41) is 0. The van der Waals surface area contributed by atoms with Gasteiger partial charge in [0.25, 0.3) is 0 Å². The maximum Gasteiger partial charge on any atom is 0.306 e. The first-order valence-corrected chi connectivity index (χ1v) is 25.0. The van der Waals surface area contributed by atoms with E-state index in [1.165, 1.54) is 186 Å². The maximum atomic E-state index is 12.7. The Morgan fingerprint density at radius 1 is 0.286 bits per heavy atom. The summed E-state index contributed by atoms with van der Waals surface area (Å²) < 4.78 is 16.7. The Morgan fingerprint density at radius 2 is 0.482 bits per heavy atom. The van der Waals surface area contributed by atoms with Crippen LogP contribution in [0.3, 0.4) is 0 Å². The van der Waals surface area contributed by atoms with Crippen LogP contribution in [0.2, 0.25) is 0 Å². The van der Waals surface area contributed by atoms with Crippen molar-refractivity contribution in [1.82, 2.24) is 0 Å². The SMILES string of the molecule is CCCCCCCCCCCCCCCCCCCC(=O)OCC(COC(=O)CCCCCCCCCCC)OC(=O)CCCCCCCCCCCCCC. The summed E-state index contributed by atoms with van der Waals surface area (Å²) >= 11 is 0. The van der Waals surface area contributed by atoms with Crippen LogP contribution in [0, 0.1) is 0 Å². The van der Waals surface area contributed by atoms with E-state index < -0.39 is 6.10 Å². The Labute approximate surface area is 348 Å². The number of ether oxygens (including phenoxy) is 3. The molecule has 6 heteroatoms. The van der Waals surface area contributed by atoms with Crippen molar-refractivity contribution in [3.05, 3.63) is 0 Å². The number of hydrogen-bond donors (Lipinski definition) is 0. The molecule has 0 heterocycles. The van der Waals surface area contributed by atoms with E-state index in [2.05, 4.69) is 20.8 Å². The topological polar surface area (TPSA) is 78.9 Å². The second-order valence-corrected chi connectivity index (χ2v) is 17.1. The summed E-state index contributed by atoms with van der Waals surface area (Å²) in [4.78, 5) is 37.8. The lowest BCUT2D eigenvalue weighted by Crippen LogP contribution is -2.30. The third kappa shape index (κ3) is 43.5. The molecular weight excluding hydrogens is 697 g/mol. The van der Waals surface area contributed by atoms with Crippen LogP contribution in [0.15, 0.2) is 0 Å². The van der Waals surface area contributed by atoms with E-state index in [-0.39, 0.29) is 31.1 Å². The lowest BCUT2D eigenvalue weighted by atomic mass is 10.0. The molecular formula is C50H96O6. The van der Waals surface area contributed by atoms with Gasteiger partial charge in [-0.3, -0.25) is 14.4 Å². The van der Waals surface area contributed by atoms with Crippen molar-refractivity contribution in [2.75, 3.05) is 13.2 Å². The van der Waals surface area contributed by atoms with E-state index in [0.29, 0.717) is 19.3 Å². The van der Waals surface area contributed by atoms with Gasteiger partial charge in [-0.25, -0.2) is 0 Å². The Kier molecular flexibility index (Phi) is 44.8. The highest BCUT2D eigenvalue weighted by molar-refractivity contribution is 5.71. The van der Waals surface area contributed by atoms with Crippen LogP contribution in [0.4, 0.5) is 0 Å². The predicted octanol–water partition coefficient (Wildman–Crippen LogP) is 16.0. The van der Waals surface area contributed by atoms with Gasteiger partial charge in [-0.05, 0) is 19.3 Å². The van der Waals surface area contributed by atoms with E-state index in [1.54, 1.807) is 0 Å². The first-order chi connectivity index (χ1) is 27.5. The summed E-state index contributed by atoms with van der Waals surface area (Å²) in [6.45, 7) is 6.65. The molecule has 0 amide bonds. The van der Waals surface area contributed by atoms with Crippen LogP contribution < -0.4 is 0 Å². The molecule has 1 unspecified atom stereocenters. The second kappa shape index (κ2) is 46.1. The van der Waals surface area contributed by atoms with E-state index in [4.69, 9.17) is 14.2 Å². The number of carbonyl (C=O) groups is 3. The lowest BCUT2D eigenvalue weighted by molar-refractivity contribution is -0.167. The number of unbranched alkanes of at least 4 members (excludes halogenated alkanes) is 35. The molecule has 0 spiro atoms. The van der Waals surface area contributed by atoms with Crippen molar-refractivity contribution in [3.63, 3.8) is 0 Å². The van der Waals surface area contributed by atoms with E-state index in [0.717, 1.165) is 57.8 Å². The Balaban J connectivity index is 4.24. The van der Waals surface area contributed by atoms with Crippen LogP contribution in [-0.2, 0) is 28.6 Å². The Hall–Kier alpha value is -1.59. The minimum atomic E-state index is -0.758. The zero-order valence-corrected chi connectivity index (χ0v) is 37.9. The van der Waals surface area contributed by atoms with Gasteiger partial charge in [-0.2, -0.15) is 0 Å². The van der Waals surface area contributed by atoms with E-state index in [9.17, 15) is 14.4 Å². The van der Waals surface area contributed by atoms with Gasteiger partial charge in [0, 0.05) is 19.3 Å². The number of hydrogen-bond acceptors (Lipinski definition) is 6. The van der Waals surface area contributed by atoms with Gasteiger partial charge in [0.15, 0.2) is 6.10 Å². The fraction of sp³-hybridized carbons (Fsp3) is 0.940. The standard InChI is InChI=1S/C50H96O6/c1-4-7-10-13-16-19-21-23-24-25-26-27-29-31-34-37-40-43-49(52)55-46-47(45-54-48(51)42-39-36-33-30-18-15-12-9-6-3)56-50(53)44-41-38-35-32-28-22-20-17-14-11-8-5-2/h47H,4-46H2,1-3H3. The molecule has 0 aromatic rings. The lowest BCUT2D eigenvalue weighted by Gasteiger charge is -2.18. The van der Waals surface area contributed by atoms with Crippen molar-refractivity contribution >= 4 is 17.9 Å². The van der Waals surface area contributed by atoms with E-state index >= 15 is 0 Å². The van der Waals surface area contributed by atoms with Gasteiger partial charge in [0.05, 0.1) is 0 Å². The maximum absolute atomic E-state index is 12.7. The average Bonchev–Trinajstić information content (AvgIpc) is 3.19. The third-order valence-electron chi connectivity index (χ3n) is 11.4. The first kappa shape index (κ1) is 54.4. The van der Waals surface area contributed by atoms with Crippen molar-refractivity contribution in [1.29, 1.82) is 0 Å². The summed E-state index contributed by atoms with van der Waals surface area (Å²) in [5.41, 5.74) is 0. The molecule has 0 radical (unpaired) electrons. The molecule has 0 saturated heterocycles. The van der Waals surface area contributed by atoms with Crippen LogP contribution in [0.25, 0.3) is 0 Å². The molecule has 0 N–H and O–H groups in total. The summed E-state index contributed by atoms with van der Waals surface area (Å²) in [6.07, 6.45) is 48.0. The smallest absolute Gasteiger partial charge is 0.306 e. The average molecular weight is 793 g/mol. The minimum Gasteiger partial charge on any atom is -0.462 e. The van der Waals surface area contributed by atoms with Crippen molar-refractivity contribution in [2.24, 2.45) is 0 Å². The van der Waals surface area contributed by atoms with Gasteiger partial charge in [0.1, 0.15) is 13.2 Å². The number of rotatable bonds is 46. The largest absolute Gasteiger partial charge is 0.462 e. The molecule has 1 atom stereocenters. The molecule has 0 aromatic carbocycles. The minimum absolute atomic E-state index is 0.0622. The monoisotopic (exact) mass is 793 g/mol. The van der Waals surface area contributed by atoms with Crippen LogP contribution >= 0.6 is 0 Å². The highest BCUT2D eigenvalue weighted by atomic mass is 16.6. The molecule has 0 aliphatic carbocycles. The van der Waals surface area contributed by atoms with Crippen molar-refractivity contribution in [3.8, 4) is 0 Å². The second-order valence-electron chi connectivity index (χ2n) is 17.1. The zero-order valence-electron chi connectivity index (χ0n) is 37.9. The van der Waals surface area contributed by atoms with Gasteiger partial charge in [-0.1, -0.05) is 245 Å².